The first kappa shape index (κ1) is 13.9. The van der Waals surface area contributed by atoms with E-state index < -0.39 is 0 Å². The third kappa shape index (κ3) is 2.61. The minimum atomic E-state index is -0.113. The van der Waals surface area contributed by atoms with Crippen LogP contribution in [0.3, 0.4) is 0 Å². The summed E-state index contributed by atoms with van der Waals surface area (Å²) in [6.45, 7) is 5.31. The van der Waals surface area contributed by atoms with Crippen molar-refractivity contribution in [3.05, 3.63) is 23.3 Å². The van der Waals surface area contributed by atoms with Crippen LogP contribution in [0.4, 0.5) is 0 Å². The fourth-order valence-corrected chi connectivity index (χ4v) is 2.80. The molecule has 2 aromatic rings. The summed E-state index contributed by atoms with van der Waals surface area (Å²) in [5.74, 6) is 0.600. The van der Waals surface area contributed by atoms with Crippen LogP contribution in [0.5, 0.6) is 0 Å². The van der Waals surface area contributed by atoms with Crippen LogP contribution >= 0.6 is 0 Å². The first-order chi connectivity index (χ1) is 10.1. The van der Waals surface area contributed by atoms with Crippen LogP contribution in [0.25, 0.3) is 5.78 Å². The van der Waals surface area contributed by atoms with Gasteiger partial charge >= 0.3 is 0 Å². The van der Waals surface area contributed by atoms with Crippen LogP contribution in [0.2, 0.25) is 0 Å². The normalized spacial score (nSPS) is 19.2. The molecule has 7 nitrogen and oxygen atoms in total. The molecule has 3 rings (SSSR count). The zero-order valence-corrected chi connectivity index (χ0v) is 12.6. The molecule has 2 aromatic heterocycles. The highest BCUT2D eigenvalue weighted by Gasteiger charge is 2.26. The number of rotatable bonds is 2. The van der Waals surface area contributed by atoms with Gasteiger partial charge in [0.15, 0.2) is 0 Å². The maximum atomic E-state index is 12.6. The molecule has 1 amide bonds. The van der Waals surface area contributed by atoms with Crippen molar-refractivity contribution in [2.24, 2.45) is 0 Å². The van der Waals surface area contributed by atoms with Gasteiger partial charge in [0.1, 0.15) is 0 Å². The number of nitrogens with one attached hydrogen (secondary N) is 1. The Kier molecular flexibility index (Phi) is 3.59. The average Bonchev–Trinajstić information content (AvgIpc) is 2.90. The van der Waals surface area contributed by atoms with Crippen molar-refractivity contribution in [1.29, 1.82) is 0 Å². The van der Waals surface area contributed by atoms with Crippen molar-refractivity contribution >= 4 is 11.7 Å². The summed E-state index contributed by atoms with van der Waals surface area (Å²) in [6, 6.07) is 2.27. The quantitative estimate of drug-likeness (QED) is 0.874. The second-order valence-corrected chi connectivity index (χ2v) is 5.57. The van der Waals surface area contributed by atoms with Crippen molar-refractivity contribution in [2.45, 2.75) is 32.7 Å². The lowest BCUT2D eigenvalue weighted by Gasteiger charge is -2.31. The minimum absolute atomic E-state index is 0.113. The smallest absolute Gasteiger partial charge is 0.293 e. The van der Waals surface area contributed by atoms with Crippen LogP contribution in [0.15, 0.2) is 6.07 Å². The van der Waals surface area contributed by atoms with Crippen LogP contribution in [-0.2, 0) is 0 Å². The van der Waals surface area contributed by atoms with Gasteiger partial charge in [-0.1, -0.05) is 0 Å². The van der Waals surface area contributed by atoms with E-state index in [0.717, 1.165) is 30.8 Å². The molecule has 0 bridgehead atoms. The third-order valence-corrected chi connectivity index (χ3v) is 3.93. The molecule has 0 saturated carbocycles. The first-order valence-corrected chi connectivity index (χ1v) is 7.26. The molecule has 1 saturated heterocycles. The maximum Gasteiger partial charge on any atom is 0.293 e. The lowest BCUT2D eigenvalue weighted by atomic mass is 10.1. The molecule has 1 unspecified atom stereocenters. The van der Waals surface area contributed by atoms with Gasteiger partial charge in [-0.15, -0.1) is 5.10 Å². The largest absolute Gasteiger partial charge is 0.334 e. The number of hydrogen-bond donors (Lipinski definition) is 1. The summed E-state index contributed by atoms with van der Waals surface area (Å²) in [5.41, 5.74) is 1.80. The number of hydrogen-bond acceptors (Lipinski definition) is 5. The van der Waals surface area contributed by atoms with E-state index in [9.17, 15) is 4.79 Å². The van der Waals surface area contributed by atoms with Gasteiger partial charge in [-0.2, -0.15) is 4.98 Å². The fourth-order valence-electron chi connectivity index (χ4n) is 2.80. The van der Waals surface area contributed by atoms with Gasteiger partial charge in [0, 0.05) is 30.5 Å². The van der Waals surface area contributed by atoms with Gasteiger partial charge in [-0.3, -0.25) is 4.79 Å². The van der Waals surface area contributed by atoms with Crippen molar-refractivity contribution in [2.75, 3.05) is 20.1 Å². The Morgan fingerprint density at radius 2 is 2.19 bits per heavy atom. The Hall–Kier alpha value is -2.02. The molecular formula is C14H20N6O. The number of aryl methyl sites for hydroxylation is 2. The number of likely N-dealkylation sites (tertiary alicyclic amines) is 1. The van der Waals surface area contributed by atoms with E-state index in [1.807, 2.05) is 31.9 Å². The lowest BCUT2D eigenvalue weighted by molar-refractivity contribution is 0.0686. The van der Waals surface area contributed by atoms with Gasteiger partial charge in [0.25, 0.3) is 11.7 Å². The van der Waals surface area contributed by atoms with Crippen LogP contribution in [-0.4, -0.2) is 56.6 Å². The molecule has 1 aliphatic rings. The first-order valence-electron chi connectivity index (χ1n) is 7.26. The molecule has 21 heavy (non-hydrogen) atoms. The number of nitrogens with zero attached hydrogens (tertiary/aromatic N) is 5. The van der Waals surface area contributed by atoms with E-state index in [-0.39, 0.29) is 11.7 Å². The molecule has 112 valence electrons. The highest BCUT2D eigenvalue weighted by molar-refractivity contribution is 5.91. The van der Waals surface area contributed by atoms with E-state index in [1.165, 1.54) is 0 Å². The van der Waals surface area contributed by atoms with Crippen LogP contribution in [0, 0.1) is 13.8 Å². The highest BCUT2D eigenvalue weighted by atomic mass is 16.2. The predicted molar refractivity (Wildman–Crippen MR) is 78.2 cm³/mol. The molecule has 1 fully saturated rings. The SMILES string of the molecule is CNC1CCCN(C(=O)c2nc3nc(C)cc(C)n3n2)C1. The molecule has 0 spiro atoms. The highest BCUT2D eigenvalue weighted by Crippen LogP contribution is 2.13. The number of piperidine rings is 1. The fraction of sp³-hybridized carbons (Fsp3) is 0.571. The monoisotopic (exact) mass is 288 g/mol. The van der Waals surface area contributed by atoms with Crippen molar-refractivity contribution in [3.63, 3.8) is 0 Å². The molecule has 1 N–H and O–H groups in total. The Labute approximate surface area is 123 Å². The summed E-state index contributed by atoms with van der Waals surface area (Å²) in [4.78, 5) is 23.0. The number of carbonyl (C=O) groups is 1. The van der Waals surface area contributed by atoms with Gasteiger partial charge in [0.05, 0.1) is 0 Å². The molecular weight excluding hydrogens is 268 g/mol. The second-order valence-electron chi connectivity index (χ2n) is 5.57. The summed E-state index contributed by atoms with van der Waals surface area (Å²) in [6.07, 6.45) is 2.10. The number of carbonyl (C=O) groups excluding carboxylic acids is 1. The lowest BCUT2D eigenvalue weighted by Crippen LogP contribution is -2.47. The molecule has 1 atom stereocenters. The Morgan fingerprint density at radius 1 is 1.38 bits per heavy atom. The number of aromatic nitrogens is 4. The molecule has 0 aromatic carbocycles. The molecule has 3 heterocycles. The minimum Gasteiger partial charge on any atom is -0.334 e. The van der Waals surface area contributed by atoms with Gasteiger partial charge < -0.3 is 10.2 Å². The van der Waals surface area contributed by atoms with Gasteiger partial charge in [0.2, 0.25) is 5.82 Å². The van der Waals surface area contributed by atoms with E-state index >= 15 is 0 Å². The summed E-state index contributed by atoms with van der Waals surface area (Å²) in [7, 11) is 1.93. The van der Waals surface area contributed by atoms with Crippen LogP contribution < -0.4 is 5.32 Å². The zero-order chi connectivity index (χ0) is 15.0. The standard InChI is InChI=1S/C14H20N6O/c1-9-7-10(2)20-14(16-9)17-12(18-20)13(21)19-6-4-5-11(8-19)15-3/h7,11,15H,4-6,8H2,1-3H3. The summed E-state index contributed by atoms with van der Waals surface area (Å²) in [5, 5.41) is 7.54. The molecule has 0 radical (unpaired) electrons. The number of likely N-dealkylation sites (N-methyl/N-ethyl adjacent to an activating group) is 1. The van der Waals surface area contributed by atoms with Crippen LogP contribution in [0.1, 0.15) is 34.8 Å². The summed E-state index contributed by atoms with van der Waals surface area (Å²) < 4.78 is 1.62. The molecule has 1 aliphatic heterocycles. The van der Waals surface area contributed by atoms with Crippen molar-refractivity contribution in [1.82, 2.24) is 29.8 Å². The molecule has 0 aliphatic carbocycles. The van der Waals surface area contributed by atoms with Crippen molar-refractivity contribution in [3.8, 4) is 0 Å². The topological polar surface area (TPSA) is 75.4 Å². The van der Waals surface area contributed by atoms with E-state index in [0.29, 0.717) is 18.4 Å². The summed E-state index contributed by atoms with van der Waals surface area (Å²) >= 11 is 0. The predicted octanol–water partition coefficient (Wildman–Crippen LogP) is 0.565. The van der Waals surface area contributed by atoms with Gasteiger partial charge in [-0.05, 0) is 39.8 Å². The zero-order valence-electron chi connectivity index (χ0n) is 12.6. The Bertz CT molecular complexity index is 679. The van der Waals surface area contributed by atoms with Gasteiger partial charge in [-0.25, -0.2) is 9.50 Å². The van der Waals surface area contributed by atoms with Crippen molar-refractivity contribution < 1.29 is 4.79 Å². The maximum absolute atomic E-state index is 12.6. The molecule has 7 heteroatoms. The number of fused-ring (bicyclic) bond motifs is 1. The van der Waals surface area contributed by atoms with E-state index in [2.05, 4.69) is 20.4 Å². The Morgan fingerprint density at radius 3 is 2.95 bits per heavy atom. The van der Waals surface area contributed by atoms with E-state index in [4.69, 9.17) is 0 Å². The Balaban J connectivity index is 1.89. The number of amides is 1. The third-order valence-electron chi connectivity index (χ3n) is 3.93. The second kappa shape index (κ2) is 5.40. The average molecular weight is 288 g/mol. The van der Waals surface area contributed by atoms with E-state index in [1.54, 1.807) is 4.52 Å².